The summed E-state index contributed by atoms with van der Waals surface area (Å²) in [6.45, 7) is 1.95. The molecule has 0 radical (unpaired) electrons. The van der Waals surface area contributed by atoms with Crippen molar-refractivity contribution in [3.8, 4) is 0 Å². The minimum absolute atomic E-state index is 0.321. The maximum atomic E-state index is 12.8. The SMILES string of the molecule is CSCCS(C)(NS(=O)(=O)c1ccc(C)cc1)c1ccccc1. The Bertz CT molecular complexity index is 730. The predicted octanol–water partition coefficient (Wildman–Crippen LogP) is 4.04. The molecule has 6 heteroatoms. The summed E-state index contributed by atoms with van der Waals surface area (Å²) in [6.07, 6.45) is 4.07. The van der Waals surface area contributed by atoms with Gasteiger partial charge in [-0.1, -0.05) is 35.9 Å². The van der Waals surface area contributed by atoms with Crippen LogP contribution < -0.4 is 4.13 Å². The topological polar surface area (TPSA) is 46.2 Å². The van der Waals surface area contributed by atoms with Crippen LogP contribution in [0.25, 0.3) is 0 Å². The van der Waals surface area contributed by atoms with Gasteiger partial charge in [0.2, 0.25) is 10.0 Å². The molecule has 0 spiro atoms. The number of hydrogen-bond acceptors (Lipinski definition) is 3. The van der Waals surface area contributed by atoms with Crippen LogP contribution in [0.5, 0.6) is 0 Å². The molecule has 23 heavy (non-hydrogen) atoms. The Labute approximate surface area is 145 Å². The molecule has 0 fully saturated rings. The fraction of sp³-hybridized carbons (Fsp3) is 0.294. The van der Waals surface area contributed by atoms with Gasteiger partial charge in [-0.25, -0.2) is 8.42 Å². The van der Waals surface area contributed by atoms with Crippen LogP contribution in [0.4, 0.5) is 0 Å². The lowest BCUT2D eigenvalue weighted by molar-refractivity contribution is 0.594. The zero-order chi connectivity index (χ0) is 16.9. The molecule has 0 aliphatic carbocycles. The van der Waals surface area contributed by atoms with E-state index in [-0.39, 0.29) is 0 Å². The number of rotatable bonds is 7. The zero-order valence-electron chi connectivity index (χ0n) is 13.7. The largest absolute Gasteiger partial charge is 0.248 e. The smallest absolute Gasteiger partial charge is 0.206 e. The predicted molar refractivity (Wildman–Crippen MR) is 103 cm³/mol. The van der Waals surface area contributed by atoms with Crippen LogP contribution in [0.15, 0.2) is 64.4 Å². The molecule has 0 aliphatic rings. The van der Waals surface area contributed by atoms with E-state index in [0.29, 0.717) is 4.90 Å². The van der Waals surface area contributed by atoms with E-state index in [1.807, 2.05) is 61.9 Å². The van der Waals surface area contributed by atoms with E-state index in [1.165, 1.54) is 0 Å². The second kappa shape index (κ2) is 7.75. The van der Waals surface area contributed by atoms with Gasteiger partial charge in [0.05, 0.1) is 4.90 Å². The van der Waals surface area contributed by atoms with Crippen molar-refractivity contribution in [1.29, 1.82) is 0 Å². The highest BCUT2D eigenvalue weighted by Crippen LogP contribution is 2.50. The lowest BCUT2D eigenvalue weighted by Crippen LogP contribution is -2.30. The van der Waals surface area contributed by atoms with E-state index >= 15 is 0 Å². The molecule has 0 amide bonds. The molecule has 0 saturated heterocycles. The molecule has 2 aromatic carbocycles. The summed E-state index contributed by atoms with van der Waals surface area (Å²) in [5.74, 6) is 1.72. The van der Waals surface area contributed by atoms with Crippen LogP contribution in [-0.4, -0.2) is 32.4 Å². The van der Waals surface area contributed by atoms with E-state index in [0.717, 1.165) is 22.0 Å². The minimum atomic E-state index is -3.54. The van der Waals surface area contributed by atoms with E-state index < -0.39 is 20.2 Å². The Morgan fingerprint density at radius 2 is 1.57 bits per heavy atom. The van der Waals surface area contributed by atoms with Crippen molar-refractivity contribution in [2.75, 3.05) is 24.0 Å². The van der Waals surface area contributed by atoms with E-state index in [4.69, 9.17) is 0 Å². The van der Waals surface area contributed by atoms with Crippen molar-refractivity contribution in [2.45, 2.75) is 16.7 Å². The van der Waals surface area contributed by atoms with Crippen LogP contribution in [-0.2, 0) is 10.0 Å². The summed E-state index contributed by atoms with van der Waals surface area (Å²) < 4.78 is 28.6. The Kier molecular flexibility index (Phi) is 6.19. The van der Waals surface area contributed by atoms with Crippen molar-refractivity contribution in [3.05, 3.63) is 60.2 Å². The minimum Gasteiger partial charge on any atom is -0.206 e. The maximum absolute atomic E-state index is 12.8. The lowest BCUT2D eigenvalue weighted by atomic mass is 10.2. The number of sulfonamides is 1. The van der Waals surface area contributed by atoms with Crippen LogP contribution in [0, 0.1) is 6.92 Å². The van der Waals surface area contributed by atoms with Crippen molar-refractivity contribution in [2.24, 2.45) is 0 Å². The maximum Gasteiger partial charge on any atom is 0.248 e. The molecule has 3 nitrogen and oxygen atoms in total. The summed E-state index contributed by atoms with van der Waals surface area (Å²) >= 11 is 1.73. The van der Waals surface area contributed by atoms with Crippen molar-refractivity contribution in [3.63, 3.8) is 0 Å². The summed E-state index contributed by atoms with van der Waals surface area (Å²) in [5.41, 5.74) is 1.05. The molecule has 0 aliphatic heterocycles. The van der Waals surface area contributed by atoms with Crippen LogP contribution in [0.3, 0.4) is 0 Å². The van der Waals surface area contributed by atoms with Gasteiger partial charge in [-0.2, -0.15) is 15.9 Å². The zero-order valence-corrected chi connectivity index (χ0v) is 16.1. The highest BCUT2D eigenvalue weighted by atomic mass is 32.3. The third-order valence-electron chi connectivity index (χ3n) is 3.58. The van der Waals surface area contributed by atoms with Crippen LogP contribution >= 0.6 is 22.0 Å². The summed E-state index contributed by atoms with van der Waals surface area (Å²) in [6, 6.07) is 16.9. The third-order valence-corrected chi connectivity index (χ3v) is 10.0. The lowest BCUT2D eigenvalue weighted by Gasteiger charge is -2.36. The molecule has 2 rings (SSSR count). The number of nitrogens with one attached hydrogen (secondary N) is 1. The molecule has 0 bridgehead atoms. The standard InChI is InChI=1S/C17H23NO2S3/c1-15-9-11-17(12-10-15)23(19,20)18-22(3,14-13-21-2)16-7-5-4-6-8-16/h4-12,18H,13-14H2,1-3H3. The quantitative estimate of drug-likeness (QED) is 0.801. The van der Waals surface area contributed by atoms with Gasteiger partial charge in [-0.05, 0) is 43.7 Å². The Morgan fingerprint density at radius 3 is 2.13 bits per heavy atom. The molecule has 1 unspecified atom stereocenters. The number of thioether (sulfide) groups is 1. The van der Waals surface area contributed by atoms with Gasteiger partial charge < -0.3 is 0 Å². The Morgan fingerprint density at radius 1 is 0.957 bits per heavy atom. The first-order valence-electron chi connectivity index (χ1n) is 7.28. The first-order valence-corrected chi connectivity index (χ1v) is 12.4. The number of aryl methyl sites for hydroxylation is 1. The average molecular weight is 370 g/mol. The summed E-state index contributed by atoms with van der Waals surface area (Å²) in [7, 11) is -5.19. The Balaban J connectivity index is 2.35. The van der Waals surface area contributed by atoms with E-state index in [2.05, 4.69) is 4.13 Å². The van der Waals surface area contributed by atoms with Crippen LogP contribution in [0.2, 0.25) is 0 Å². The average Bonchev–Trinajstić information content (AvgIpc) is 2.54. The fourth-order valence-corrected chi connectivity index (χ4v) is 8.71. The highest BCUT2D eigenvalue weighted by molar-refractivity contribution is 8.36. The first kappa shape index (κ1) is 18.4. The van der Waals surface area contributed by atoms with Crippen molar-refractivity contribution < 1.29 is 8.42 Å². The second-order valence-corrected chi connectivity index (χ2v) is 11.7. The second-order valence-electron chi connectivity index (χ2n) is 5.50. The summed E-state index contributed by atoms with van der Waals surface area (Å²) in [4.78, 5) is 1.38. The van der Waals surface area contributed by atoms with Gasteiger partial charge >= 0.3 is 0 Å². The van der Waals surface area contributed by atoms with Gasteiger partial charge in [-0.15, -0.1) is 10.2 Å². The van der Waals surface area contributed by atoms with Crippen molar-refractivity contribution >= 4 is 32.0 Å². The Hall–Kier alpha value is -0.950. The normalized spacial score (nSPS) is 15.8. The summed E-state index contributed by atoms with van der Waals surface area (Å²) in [5, 5.41) is 0. The monoisotopic (exact) mass is 369 g/mol. The molecular weight excluding hydrogens is 346 g/mol. The van der Waals surface area contributed by atoms with Gasteiger partial charge in [0, 0.05) is 16.4 Å². The molecule has 2 aromatic rings. The number of benzene rings is 2. The van der Waals surface area contributed by atoms with Crippen LogP contribution in [0.1, 0.15) is 5.56 Å². The van der Waals surface area contributed by atoms with E-state index in [9.17, 15) is 8.42 Å². The van der Waals surface area contributed by atoms with Gasteiger partial charge in [0.25, 0.3) is 0 Å². The molecule has 1 atom stereocenters. The molecular formula is C17H23NO2S3. The van der Waals surface area contributed by atoms with Gasteiger partial charge in [-0.3, -0.25) is 0 Å². The molecule has 0 aromatic heterocycles. The molecule has 126 valence electrons. The van der Waals surface area contributed by atoms with Crippen molar-refractivity contribution in [1.82, 2.24) is 4.13 Å². The van der Waals surface area contributed by atoms with Gasteiger partial charge in [0.1, 0.15) is 0 Å². The number of hydrogen-bond donors (Lipinski definition) is 1. The molecule has 0 heterocycles. The van der Waals surface area contributed by atoms with E-state index in [1.54, 1.807) is 23.9 Å². The first-order chi connectivity index (χ1) is 10.9. The highest BCUT2D eigenvalue weighted by Gasteiger charge is 2.27. The fourth-order valence-electron chi connectivity index (χ4n) is 2.19. The third kappa shape index (κ3) is 4.76. The molecule has 1 N–H and O–H groups in total. The van der Waals surface area contributed by atoms with Gasteiger partial charge in [0.15, 0.2) is 0 Å². The molecule has 0 saturated carbocycles.